The number of hydrogen-bond donors (Lipinski definition) is 0. The van der Waals surface area contributed by atoms with Crippen LogP contribution >= 0.6 is 0 Å². The highest BCUT2D eigenvalue weighted by Gasteiger charge is 2.20. The van der Waals surface area contributed by atoms with E-state index in [1.54, 1.807) is 0 Å². The number of nitrogens with zero attached hydrogens (tertiary/aromatic N) is 3. The van der Waals surface area contributed by atoms with Crippen LogP contribution in [0.3, 0.4) is 0 Å². The fourth-order valence-electron chi connectivity index (χ4n) is 7.21. The Balaban J connectivity index is 1.18. The lowest BCUT2D eigenvalue weighted by Gasteiger charge is -2.12. The summed E-state index contributed by atoms with van der Waals surface area (Å²) in [6.45, 7) is 0. The summed E-state index contributed by atoms with van der Waals surface area (Å²) in [5.74, 6) is 1.81. The van der Waals surface area contributed by atoms with Gasteiger partial charge in [-0.3, -0.25) is 0 Å². The molecule has 2 aromatic heterocycles. The summed E-state index contributed by atoms with van der Waals surface area (Å²) in [5.41, 5.74) is 11.1. The van der Waals surface area contributed by atoms with Crippen LogP contribution in [0.2, 0.25) is 0 Å². The Morgan fingerprint density at radius 3 is 1.47 bits per heavy atom. The second-order valence-corrected chi connectivity index (χ2v) is 13.3. The standard InChI is InChI=1S/C49H31N3O/c1-3-11-32(12-4-1)35-19-21-37(22-20-35)41-30-43(46-42-17-9-10-18-44(42)53-45(46)31-41)49-51-47(38-26-23-36(24-27-38)33-13-5-2-6-14-33)50-48(52-49)40-28-25-34-15-7-8-16-39(34)29-40/h1-31H. The minimum atomic E-state index is 0.588. The van der Waals surface area contributed by atoms with E-state index >= 15 is 0 Å². The maximum absolute atomic E-state index is 6.53. The number of aromatic nitrogens is 3. The van der Waals surface area contributed by atoms with Gasteiger partial charge in [-0.25, -0.2) is 15.0 Å². The fourth-order valence-corrected chi connectivity index (χ4v) is 7.21. The van der Waals surface area contributed by atoms with Gasteiger partial charge in [0.2, 0.25) is 0 Å². The van der Waals surface area contributed by atoms with Gasteiger partial charge in [-0.1, -0.05) is 164 Å². The van der Waals surface area contributed by atoms with Crippen LogP contribution in [0.1, 0.15) is 0 Å². The molecule has 0 saturated heterocycles. The van der Waals surface area contributed by atoms with Crippen molar-refractivity contribution >= 4 is 32.7 Å². The molecule has 10 aromatic rings. The largest absolute Gasteiger partial charge is 0.456 e. The van der Waals surface area contributed by atoms with E-state index in [1.165, 1.54) is 16.5 Å². The minimum absolute atomic E-state index is 0.588. The third-order valence-electron chi connectivity index (χ3n) is 9.94. The van der Waals surface area contributed by atoms with Gasteiger partial charge in [-0.05, 0) is 68.4 Å². The number of furan rings is 1. The zero-order valence-electron chi connectivity index (χ0n) is 28.6. The van der Waals surface area contributed by atoms with Crippen LogP contribution in [-0.4, -0.2) is 15.0 Å². The second kappa shape index (κ2) is 12.9. The molecule has 8 aromatic carbocycles. The predicted molar refractivity (Wildman–Crippen MR) is 217 cm³/mol. The minimum Gasteiger partial charge on any atom is -0.456 e. The molecule has 0 amide bonds. The van der Waals surface area contributed by atoms with Crippen LogP contribution in [0, 0.1) is 0 Å². The average Bonchev–Trinajstić information content (AvgIpc) is 3.62. The third kappa shape index (κ3) is 5.73. The zero-order chi connectivity index (χ0) is 35.1. The van der Waals surface area contributed by atoms with Gasteiger partial charge in [0, 0.05) is 27.5 Å². The molecule has 0 atom stereocenters. The molecular formula is C49H31N3O. The van der Waals surface area contributed by atoms with E-state index in [0.29, 0.717) is 17.5 Å². The van der Waals surface area contributed by atoms with Gasteiger partial charge in [-0.15, -0.1) is 0 Å². The Labute approximate surface area is 306 Å². The Hall–Kier alpha value is -7.17. The molecule has 0 aliphatic carbocycles. The number of hydrogen-bond acceptors (Lipinski definition) is 4. The predicted octanol–water partition coefficient (Wildman–Crippen LogP) is 12.9. The van der Waals surface area contributed by atoms with Crippen LogP contribution < -0.4 is 0 Å². The summed E-state index contributed by atoms with van der Waals surface area (Å²) < 4.78 is 6.53. The molecule has 10 rings (SSSR count). The van der Waals surface area contributed by atoms with Gasteiger partial charge in [0.15, 0.2) is 17.5 Å². The monoisotopic (exact) mass is 677 g/mol. The van der Waals surface area contributed by atoms with Crippen molar-refractivity contribution in [2.75, 3.05) is 0 Å². The van der Waals surface area contributed by atoms with Crippen molar-refractivity contribution in [1.82, 2.24) is 15.0 Å². The maximum Gasteiger partial charge on any atom is 0.164 e. The number of benzene rings is 8. The van der Waals surface area contributed by atoms with Crippen molar-refractivity contribution in [3.05, 3.63) is 188 Å². The molecule has 0 saturated carbocycles. The topological polar surface area (TPSA) is 51.8 Å². The summed E-state index contributed by atoms with van der Waals surface area (Å²) in [7, 11) is 0. The molecule has 0 aliphatic heterocycles. The van der Waals surface area contributed by atoms with E-state index in [2.05, 4.69) is 158 Å². The van der Waals surface area contributed by atoms with Gasteiger partial charge >= 0.3 is 0 Å². The first kappa shape index (κ1) is 30.6. The van der Waals surface area contributed by atoms with Crippen LogP contribution in [0.5, 0.6) is 0 Å². The molecule has 0 spiro atoms. The van der Waals surface area contributed by atoms with Crippen molar-refractivity contribution in [3.8, 4) is 67.5 Å². The van der Waals surface area contributed by atoms with Crippen molar-refractivity contribution < 1.29 is 4.42 Å². The van der Waals surface area contributed by atoms with E-state index < -0.39 is 0 Å². The SMILES string of the molecule is c1ccc(-c2ccc(-c3cc(-c4nc(-c5ccc(-c6ccccc6)cc5)nc(-c5ccc6ccccc6c5)n4)c4c(c3)oc3ccccc34)cc2)cc1. The smallest absolute Gasteiger partial charge is 0.164 e. The molecule has 2 heterocycles. The van der Waals surface area contributed by atoms with Gasteiger partial charge in [0.05, 0.1) is 0 Å². The highest BCUT2D eigenvalue weighted by atomic mass is 16.3. The van der Waals surface area contributed by atoms with Crippen molar-refractivity contribution in [1.29, 1.82) is 0 Å². The molecule has 248 valence electrons. The van der Waals surface area contributed by atoms with E-state index in [9.17, 15) is 0 Å². The summed E-state index contributed by atoms with van der Waals surface area (Å²) in [6.07, 6.45) is 0. The van der Waals surface area contributed by atoms with Gasteiger partial charge in [0.25, 0.3) is 0 Å². The Morgan fingerprint density at radius 2 is 0.792 bits per heavy atom. The summed E-state index contributed by atoms with van der Waals surface area (Å²) in [6, 6.07) is 65.2. The van der Waals surface area contributed by atoms with Gasteiger partial charge in [0.1, 0.15) is 11.2 Å². The van der Waals surface area contributed by atoms with E-state index in [4.69, 9.17) is 19.4 Å². The third-order valence-corrected chi connectivity index (χ3v) is 9.94. The van der Waals surface area contributed by atoms with Crippen LogP contribution in [0.4, 0.5) is 0 Å². The lowest BCUT2D eigenvalue weighted by Crippen LogP contribution is -2.01. The molecule has 0 bridgehead atoms. The Morgan fingerprint density at radius 1 is 0.302 bits per heavy atom. The molecule has 0 radical (unpaired) electrons. The lowest BCUT2D eigenvalue weighted by molar-refractivity contribution is 0.669. The normalized spacial score (nSPS) is 11.4. The van der Waals surface area contributed by atoms with Crippen LogP contribution in [-0.2, 0) is 0 Å². The summed E-state index contributed by atoms with van der Waals surface area (Å²) in [5, 5.41) is 4.29. The molecule has 4 heteroatoms. The molecule has 0 unspecified atom stereocenters. The summed E-state index contributed by atoms with van der Waals surface area (Å²) in [4.78, 5) is 15.6. The number of fused-ring (bicyclic) bond motifs is 4. The molecule has 0 N–H and O–H groups in total. The molecule has 0 fully saturated rings. The molecule has 4 nitrogen and oxygen atoms in total. The van der Waals surface area contributed by atoms with E-state index in [1.807, 2.05) is 30.3 Å². The quantitative estimate of drug-likeness (QED) is 0.176. The second-order valence-electron chi connectivity index (χ2n) is 13.3. The first-order chi connectivity index (χ1) is 26.2. The first-order valence-electron chi connectivity index (χ1n) is 17.8. The highest BCUT2D eigenvalue weighted by Crippen LogP contribution is 2.40. The number of rotatable bonds is 6. The summed E-state index contributed by atoms with van der Waals surface area (Å²) >= 11 is 0. The zero-order valence-corrected chi connectivity index (χ0v) is 28.6. The molecule has 0 aliphatic rings. The average molecular weight is 678 g/mol. The first-order valence-corrected chi connectivity index (χ1v) is 17.8. The molecular weight excluding hydrogens is 647 g/mol. The van der Waals surface area contributed by atoms with Crippen molar-refractivity contribution in [2.24, 2.45) is 0 Å². The van der Waals surface area contributed by atoms with Crippen LogP contribution in [0.15, 0.2) is 192 Å². The lowest BCUT2D eigenvalue weighted by atomic mass is 9.96. The molecule has 53 heavy (non-hydrogen) atoms. The van der Waals surface area contributed by atoms with E-state index in [-0.39, 0.29) is 0 Å². The van der Waals surface area contributed by atoms with Crippen LogP contribution in [0.25, 0.3) is 100 Å². The van der Waals surface area contributed by atoms with Gasteiger partial charge < -0.3 is 4.42 Å². The fraction of sp³-hybridized carbons (Fsp3) is 0. The van der Waals surface area contributed by atoms with Gasteiger partial charge in [-0.2, -0.15) is 0 Å². The highest BCUT2D eigenvalue weighted by molar-refractivity contribution is 6.13. The number of para-hydroxylation sites is 1. The van der Waals surface area contributed by atoms with Crippen molar-refractivity contribution in [2.45, 2.75) is 0 Å². The Kier molecular flexibility index (Phi) is 7.43. The van der Waals surface area contributed by atoms with E-state index in [0.717, 1.165) is 66.3 Å². The Bertz CT molecular complexity index is 2910. The van der Waals surface area contributed by atoms with Crippen molar-refractivity contribution in [3.63, 3.8) is 0 Å². The maximum atomic E-state index is 6.53.